The average Bonchev–Trinajstić information content (AvgIpc) is 2.46. The van der Waals surface area contributed by atoms with Gasteiger partial charge in [0.05, 0.1) is 11.6 Å². The van der Waals surface area contributed by atoms with Gasteiger partial charge in [0, 0.05) is 38.8 Å². The number of rotatable bonds is 4. The lowest BCUT2D eigenvalue weighted by Crippen LogP contribution is -2.49. The maximum absolute atomic E-state index is 13.8. The van der Waals surface area contributed by atoms with Gasteiger partial charge in [-0.05, 0) is 26.1 Å². The van der Waals surface area contributed by atoms with Gasteiger partial charge in [0.1, 0.15) is 5.69 Å². The van der Waals surface area contributed by atoms with Crippen LogP contribution < -0.4 is 5.32 Å². The number of nitriles is 1. The molecular formula is C15H20F2N4. The van der Waals surface area contributed by atoms with Gasteiger partial charge in [-0.25, -0.2) is 8.78 Å². The summed E-state index contributed by atoms with van der Waals surface area (Å²) < 4.78 is 27.5. The van der Waals surface area contributed by atoms with Gasteiger partial charge < -0.3 is 10.2 Å². The van der Waals surface area contributed by atoms with Crippen LogP contribution in [-0.2, 0) is 0 Å². The lowest BCUT2D eigenvalue weighted by atomic mass is 10.2. The second-order valence-electron chi connectivity index (χ2n) is 5.50. The number of piperazine rings is 1. The van der Waals surface area contributed by atoms with Gasteiger partial charge in [-0.3, -0.25) is 4.90 Å². The Labute approximate surface area is 124 Å². The molecule has 4 nitrogen and oxygen atoms in total. The molecule has 1 aliphatic rings. The average molecular weight is 294 g/mol. The van der Waals surface area contributed by atoms with E-state index in [2.05, 4.69) is 22.2 Å². The van der Waals surface area contributed by atoms with Gasteiger partial charge in [-0.15, -0.1) is 0 Å². The van der Waals surface area contributed by atoms with E-state index in [9.17, 15) is 8.78 Å². The molecule has 21 heavy (non-hydrogen) atoms. The lowest BCUT2D eigenvalue weighted by Gasteiger charge is -2.36. The van der Waals surface area contributed by atoms with Crippen molar-refractivity contribution in [2.75, 3.05) is 45.1 Å². The van der Waals surface area contributed by atoms with Crippen LogP contribution in [0, 0.1) is 23.0 Å². The third-order valence-electron chi connectivity index (χ3n) is 3.91. The summed E-state index contributed by atoms with van der Waals surface area (Å²) in [6.07, 6.45) is 0. The van der Waals surface area contributed by atoms with E-state index in [4.69, 9.17) is 5.26 Å². The van der Waals surface area contributed by atoms with Crippen LogP contribution in [0.2, 0.25) is 0 Å². The van der Waals surface area contributed by atoms with Crippen molar-refractivity contribution in [2.24, 2.45) is 0 Å². The normalized spacial score (nSPS) is 18.2. The molecule has 1 heterocycles. The van der Waals surface area contributed by atoms with Gasteiger partial charge in [0.2, 0.25) is 0 Å². The summed E-state index contributed by atoms with van der Waals surface area (Å²) >= 11 is 0. The number of hydrogen-bond donors (Lipinski definition) is 1. The number of nitrogens with one attached hydrogen (secondary N) is 1. The second kappa shape index (κ2) is 6.83. The lowest BCUT2D eigenvalue weighted by molar-refractivity contribution is 0.123. The van der Waals surface area contributed by atoms with E-state index in [-0.39, 0.29) is 17.3 Å². The van der Waals surface area contributed by atoms with E-state index >= 15 is 0 Å². The first-order valence-electron chi connectivity index (χ1n) is 7.07. The largest absolute Gasteiger partial charge is 0.379 e. The summed E-state index contributed by atoms with van der Waals surface area (Å²) in [5, 5.41) is 11.5. The number of benzene rings is 1. The van der Waals surface area contributed by atoms with Crippen LogP contribution in [0.25, 0.3) is 0 Å². The Balaban J connectivity index is 1.95. The number of anilines is 1. The SMILES string of the molecule is CC(CNc1c(F)cc(C#N)cc1F)N1CCN(C)CC1. The quantitative estimate of drug-likeness (QED) is 0.921. The van der Waals surface area contributed by atoms with Crippen LogP contribution in [0.4, 0.5) is 14.5 Å². The molecule has 0 saturated carbocycles. The molecule has 1 N–H and O–H groups in total. The highest BCUT2D eigenvalue weighted by Gasteiger charge is 2.20. The van der Waals surface area contributed by atoms with Crippen LogP contribution in [0.5, 0.6) is 0 Å². The van der Waals surface area contributed by atoms with Crippen LogP contribution in [0.3, 0.4) is 0 Å². The Morgan fingerprint density at radius 2 is 1.81 bits per heavy atom. The zero-order chi connectivity index (χ0) is 15.4. The van der Waals surface area contributed by atoms with E-state index in [1.807, 2.05) is 6.92 Å². The fourth-order valence-electron chi connectivity index (χ4n) is 2.45. The number of halogens is 2. The van der Waals surface area contributed by atoms with Crippen molar-refractivity contribution in [3.63, 3.8) is 0 Å². The number of likely N-dealkylation sites (N-methyl/N-ethyl adjacent to an activating group) is 1. The third kappa shape index (κ3) is 3.90. The Morgan fingerprint density at radius 3 is 2.33 bits per heavy atom. The molecule has 1 aliphatic heterocycles. The zero-order valence-electron chi connectivity index (χ0n) is 12.4. The third-order valence-corrected chi connectivity index (χ3v) is 3.91. The maximum Gasteiger partial charge on any atom is 0.150 e. The van der Waals surface area contributed by atoms with Crippen molar-refractivity contribution in [3.05, 3.63) is 29.3 Å². The van der Waals surface area contributed by atoms with Gasteiger partial charge in [0.15, 0.2) is 11.6 Å². The first kappa shape index (κ1) is 15.7. The second-order valence-corrected chi connectivity index (χ2v) is 5.50. The molecule has 0 amide bonds. The van der Waals surface area contributed by atoms with Crippen molar-refractivity contribution < 1.29 is 8.78 Å². The number of nitrogens with zero attached hydrogens (tertiary/aromatic N) is 3. The van der Waals surface area contributed by atoms with E-state index in [0.717, 1.165) is 38.3 Å². The molecule has 1 aromatic carbocycles. The highest BCUT2D eigenvalue weighted by Crippen LogP contribution is 2.20. The van der Waals surface area contributed by atoms with Gasteiger partial charge in [-0.1, -0.05) is 0 Å². The highest BCUT2D eigenvalue weighted by atomic mass is 19.1. The van der Waals surface area contributed by atoms with E-state index in [0.29, 0.717) is 6.54 Å². The molecule has 114 valence electrons. The van der Waals surface area contributed by atoms with Crippen molar-refractivity contribution >= 4 is 5.69 Å². The summed E-state index contributed by atoms with van der Waals surface area (Å²) in [5.41, 5.74) is -0.169. The Kier molecular flexibility index (Phi) is 5.10. The Hall–Kier alpha value is -1.71. The van der Waals surface area contributed by atoms with Crippen LogP contribution in [0.15, 0.2) is 12.1 Å². The summed E-state index contributed by atoms with van der Waals surface area (Å²) in [5.74, 6) is -1.45. The zero-order valence-corrected chi connectivity index (χ0v) is 12.4. The predicted molar refractivity (Wildman–Crippen MR) is 78.1 cm³/mol. The van der Waals surface area contributed by atoms with Gasteiger partial charge in [0.25, 0.3) is 0 Å². The molecule has 1 saturated heterocycles. The molecule has 0 radical (unpaired) electrons. The van der Waals surface area contributed by atoms with Crippen LogP contribution >= 0.6 is 0 Å². The Morgan fingerprint density at radius 1 is 1.24 bits per heavy atom. The van der Waals surface area contributed by atoms with Crippen LogP contribution in [-0.4, -0.2) is 55.6 Å². The molecule has 2 rings (SSSR count). The van der Waals surface area contributed by atoms with Crippen molar-refractivity contribution in [2.45, 2.75) is 13.0 Å². The molecule has 0 spiro atoms. The van der Waals surface area contributed by atoms with E-state index in [1.165, 1.54) is 0 Å². The molecule has 0 bridgehead atoms. The minimum absolute atomic E-state index is 0.0114. The molecule has 0 aliphatic carbocycles. The van der Waals surface area contributed by atoms with Gasteiger partial charge >= 0.3 is 0 Å². The van der Waals surface area contributed by atoms with E-state index < -0.39 is 11.6 Å². The Bertz CT molecular complexity index is 510. The molecule has 1 unspecified atom stereocenters. The topological polar surface area (TPSA) is 42.3 Å². The van der Waals surface area contributed by atoms with E-state index in [1.54, 1.807) is 6.07 Å². The fraction of sp³-hybridized carbons (Fsp3) is 0.533. The van der Waals surface area contributed by atoms with Crippen LogP contribution in [0.1, 0.15) is 12.5 Å². The molecule has 6 heteroatoms. The minimum atomic E-state index is -0.725. The predicted octanol–water partition coefficient (Wildman–Crippen LogP) is 1.88. The van der Waals surface area contributed by atoms with Crippen molar-refractivity contribution in [1.29, 1.82) is 5.26 Å². The van der Waals surface area contributed by atoms with Crippen molar-refractivity contribution in [3.8, 4) is 6.07 Å². The summed E-state index contributed by atoms with van der Waals surface area (Å²) in [6, 6.07) is 4.02. The summed E-state index contributed by atoms with van der Waals surface area (Å²) in [7, 11) is 2.09. The molecule has 1 atom stereocenters. The molecule has 0 aromatic heterocycles. The fourth-order valence-corrected chi connectivity index (χ4v) is 2.45. The first-order chi connectivity index (χ1) is 10.0. The molecule has 1 fully saturated rings. The molecular weight excluding hydrogens is 274 g/mol. The summed E-state index contributed by atoms with van der Waals surface area (Å²) in [6.45, 7) is 6.42. The maximum atomic E-state index is 13.8. The highest BCUT2D eigenvalue weighted by molar-refractivity contribution is 5.50. The molecule has 1 aromatic rings. The minimum Gasteiger partial charge on any atom is -0.379 e. The smallest absolute Gasteiger partial charge is 0.150 e. The number of hydrogen-bond acceptors (Lipinski definition) is 4. The van der Waals surface area contributed by atoms with Crippen molar-refractivity contribution in [1.82, 2.24) is 9.80 Å². The monoisotopic (exact) mass is 294 g/mol. The summed E-state index contributed by atoms with van der Waals surface area (Å²) in [4.78, 5) is 4.56. The van der Waals surface area contributed by atoms with Gasteiger partial charge in [-0.2, -0.15) is 5.26 Å². The first-order valence-corrected chi connectivity index (χ1v) is 7.07. The standard InChI is InChI=1S/C15H20F2N4/c1-11(21-5-3-20(2)4-6-21)10-19-15-13(16)7-12(9-18)8-14(15)17/h7-8,11,19H,3-6,10H2,1-2H3.